The van der Waals surface area contributed by atoms with Gasteiger partial charge in [-0.25, -0.2) is 4.57 Å². The molecule has 0 aromatic heterocycles. The number of phosphoric acid groups is 1. The fraction of sp³-hybridized carbons (Fsp3) is 1.00. The molecule has 0 spiro atoms. The van der Waals surface area contributed by atoms with Crippen LogP contribution in [-0.4, -0.2) is 43.1 Å². The van der Waals surface area contributed by atoms with E-state index in [0.717, 1.165) is 7.11 Å². The van der Waals surface area contributed by atoms with Crippen LogP contribution in [0.5, 0.6) is 0 Å². The standard InChI is InChI=1S/2C24H51N.CH5O4P/c2*1-3-5-7-9-11-13-15-17-19-21-23-25-24-22-20-18-16-14-12-10-8-6-4-2;1-5-6(2,3)4/h2*25H,3-24H2,1-2H3;1H3,(H2,2,3,4). The van der Waals surface area contributed by atoms with Crippen LogP contribution in [0.25, 0.3) is 0 Å². The summed E-state index contributed by atoms with van der Waals surface area (Å²) in [7, 11) is -3.20. The minimum absolute atomic E-state index is 0.945. The Bertz CT molecular complexity index is 603. The molecule has 4 N–H and O–H groups in total. The maximum atomic E-state index is 9.47. The van der Waals surface area contributed by atoms with Crippen LogP contribution >= 0.6 is 7.82 Å². The fourth-order valence-corrected chi connectivity index (χ4v) is 7.20. The molecule has 0 heterocycles. The van der Waals surface area contributed by atoms with Crippen molar-refractivity contribution in [2.45, 2.75) is 285 Å². The quantitative estimate of drug-likeness (QED) is 0.0361. The van der Waals surface area contributed by atoms with Crippen LogP contribution < -0.4 is 10.6 Å². The van der Waals surface area contributed by atoms with E-state index in [4.69, 9.17) is 9.79 Å². The molecule has 6 nitrogen and oxygen atoms in total. The molecular formula is C49H107N2O4P. The van der Waals surface area contributed by atoms with Crippen LogP contribution in [0.1, 0.15) is 285 Å². The Balaban J connectivity index is -0.000000874. The zero-order chi connectivity index (χ0) is 41.7. The van der Waals surface area contributed by atoms with Crippen LogP contribution in [0.15, 0.2) is 0 Å². The van der Waals surface area contributed by atoms with Crippen LogP contribution in [0.2, 0.25) is 0 Å². The number of unbranched alkanes of at least 4 members (excludes halogenated alkanes) is 36. The van der Waals surface area contributed by atoms with Gasteiger partial charge in [0, 0.05) is 7.11 Å². The Kier molecular flexibility index (Phi) is 61.5. The van der Waals surface area contributed by atoms with E-state index in [9.17, 15) is 4.57 Å². The fourth-order valence-electron chi connectivity index (χ4n) is 7.20. The summed E-state index contributed by atoms with van der Waals surface area (Å²) in [6.45, 7) is 14.2. The Morgan fingerprint density at radius 1 is 0.304 bits per heavy atom. The molecular weight excluding hydrogens is 712 g/mol. The average Bonchev–Trinajstić information content (AvgIpc) is 3.19. The van der Waals surface area contributed by atoms with Gasteiger partial charge in [-0.15, -0.1) is 0 Å². The van der Waals surface area contributed by atoms with Crippen molar-refractivity contribution in [3.05, 3.63) is 0 Å². The van der Waals surface area contributed by atoms with Crippen molar-refractivity contribution >= 4 is 7.82 Å². The lowest BCUT2D eigenvalue weighted by Gasteiger charge is -2.05. The van der Waals surface area contributed by atoms with Gasteiger partial charge < -0.3 is 20.4 Å². The highest BCUT2D eigenvalue weighted by atomic mass is 31.2. The predicted molar refractivity (Wildman–Crippen MR) is 252 cm³/mol. The van der Waals surface area contributed by atoms with E-state index in [1.165, 1.54) is 283 Å². The molecule has 0 aromatic carbocycles. The third-order valence-electron chi connectivity index (χ3n) is 11.1. The number of rotatable bonds is 45. The molecule has 7 heteroatoms. The molecule has 0 fully saturated rings. The molecule has 0 radical (unpaired) electrons. The van der Waals surface area contributed by atoms with Crippen molar-refractivity contribution in [3.8, 4) is 0 Å². The van der Waals surface area contributed by atoms with Crippen LogP contribution in [-0.2, 0) is 9.09 Å². The smallest absolute Gasteiger partial charge is 0.317 e. The van der Waals surface area contributed by atoms with Crippen molar-refractivity contribution in [1.29, 1.82) is 0 Å². The van der Waals surface area contributed by atoms with Gasteiger partial charge in [0.05, 0.1) is 0 Å². The zero-order valence-electron chi connectivity index (χ0n) is 39.3. The van der Waals surface area contributed by atoms with Gasteiger partial charge in [-0.05, 0) is 51.9 Å². The summed E-state index contributed by atoms with van der Waals surface area (Å²) in [4.78, 5) is 15.4. The molecule has 0 rings (SSSR count). The van der Waals surface area contributed by atoms with Crippen molar-refractivity contribution < 1.29 is 18.9 Å². The molecule has 0 saturated heterocycles. The Morgan fingerprint density at radius 2 is 0.429 bits per heavy atom. The molecule has 0 aliphatic rings. The van der Waals surface area contributed by atoms with Crippen molar-refractivity contribution in [2.75, 3.05) is 33.3 Å². The molecule has 0 amide bonds. The van der Waals surface area contributed by atoms with Gasteiger partial charge in [-0.3, -0.25) is 4.52 Å². The molecule has 0 aliphatic heterocycles. The molecule has 0 bridgehead atoms. The van der Waals surface area contributed by atoms with Gasteiger partial charge in [0.2, 0.25) is 0 Å². The highest BCUT2D eigenvalue weighted by Crippen LogP contribution is 2.33. The van der Waals surface area contributed by atoms with Crippen LogP contribution in [0.3, 0.4) is 0 Å². The van der Waals surface area contributed by atoms with Crippen LogP contribution in [0, 0.1) is 0 Å². The Morgan fingerprint density at radius 3 is 0.554 bits per heavy atom. The van der Waals surface area contributed by atoms with Crippen LogP contribution in [0.4, 0.5) is 0 Å². The second kappa shape index (κ2) is 57.1. The molecule has 342 valence electrons. The van der Waals surface area contributed by atoms with Crippen molar-refractivity contribution in [1.82, 2.24) is 10.6 Å². The molecule has 0 unspecified atom stereocenters. The Hall–Kier alpha value is 0.0300. The molecule has 0 atom stereocenters. The monoisotopic (exact) mass is 819 g/mol. The highest BCUT2D eigenvalue weighted by molar-refractivity contribution is 7.46. The molecule has 0 aliphatic carbocycles. The van der Waals surface area contributed by atoms with Crippen molar-refractivity contribution in [3.63, 3.8) is 0 Å². The van der Waals surface area contributed by atoms with Gasteiger partial charge in [0.15, 0.2) is 0 Å². The number of nitrogens with one attached hydrogen (secondary N) is 2. The average molecular weight is 819 g/mol. The lowest BCUT2D eigenvalue weighted by molar-refractivity contribution is 0.235. The SMILES string of the molecule is CCCCCCCCCCCCNCCCCCCCCCCCC.CCCCCCCCCCCCNCCCCCCCCCCCC.COP(=O)(O)O. The molecule has 56 heavy (non-hydrogen) atoms. The lowest BCUT2D eigenvalue weighted by Crippen LogP contribution is -2.16. The minimum atomic E-state index is -4.15. The number of hydrogen-bond donors (Lipinski definition) is 4. The Labute approximate surface area is 354 Å². The third-order valence-corrected chi connectivity index (χ3v) is 11.5. The number of hydrogen-bond acceptors (Lipinski definition) is 4. The van der Waals surface area contributed by atoms with Gasteiger partial charge in [0.25, 0.3) is 0 Å². The third kappa shape index (κ3) is 68.7. The van der Waals surface area contributed by atoms with Gasteiger partial charge in [-0.1, -0.05) is 259 Å². The van der Waals surface area contributed by atoms with Gasteiger partial charge >= 0.3 is 7.82 Å². The van der Waals surface area contributed by atoms with E-state index >= 15 is 0 Å². The highest BCUT2D eigenvalue weighted by Gasteiger charge is 2.07. The maximum Gasteiger partial charge on any atom is 0.469 e. The maximum absolute atomic E-state index is 9.47. The second-order valence-electron chi connectivity index (χ2n) is 16.9. The minimum Gasteiger partial charge on any atom is -0.317 e. The number of phosphoric ester groups is 1. The van der Waals surface area contributed by atoms with E-state index in [-0.39, 0.29) is 0 Å². The summed E-state index contributed by atoms with van der Waals surface area (Å²) in [5, 5.41) is 7.27. The van der Waals surface area contributed by atoms with E-state index in [2.05, 4.69) is 42.9 Å². The first-order valence-corrected chi connectivity index (χ1v) is 26.9. The largest absolute Gasteiger partial charge is 0.469 e. The summed E-state index contributed by atoms with van der Waals surface area (Å²) >= 11 is 0. The first-order valence-electron chi connectivity index (χ1n) is 25.4. The first-order chi connectivity index (χ1) is 27.4. The van der Waals surface area contributed by atoms with E-state index in [1.807, 2.05) is 0 Å². The first kappa shape index (κ1) is 60.3. The summed E-state index contributed by atoms with van der Waals surface area (Å²) in [5.41, 5.74) is 0. The normalized spacial score (nSPS) is 11.3. The second-order valence-corrected chi connectivity index (χ2v) is 18.2. The zero-order valence-corrected chi connectivity index (χ0v) is 40.2. The lowest BCUT2D eigenvalue weighted by atomic mass is 10.1. The predicted octanol–water partition coefficient (Wildman–Crippen LogP) is 16.6. The summed E-state index contributed by atoms with van der Waals surface area (Å²) in [5.74, 6) is 0. The molecule has 0 saturated carbocycles. The van der Waals surface area contributed by atoms with Gasteiger partial charge in [-0.2, -0.15) is 0 Å². The van der Waals surface area contributed by atoms with E-state index in [0.29, 0.717) is 0 Å². The van der Waals surface area contributed by atoms with E-state index in [1.54, 1.807) is 0 Å². The summed E-state index contributed by atoms with van der Waals surface area (Å²) < 4.78 is 13.1. The summed E-state index contributed by atoms with van der Waals surface area (Å²) in [6, 6.07) is 0. The van der Waals surface area contributed by atoms with Gasteiger partial charge in [0.1, 0.15) is 0 Å². The van der Waals surface area contributed by atoms with E-state index < -0.39 is 7.82 Å². The summed E-state index contributed by atoms with van der Waals surface area (Å²) in [6.07, 6.45) is 57.6. The topological polar surface area (TPSA) is 90.8 Å². The molecule has 0 aromatic rings. The van der Waals surface area contributed by atoms with Crippen molar-refractivity contribution in [2.24, 2.45) is 0 Å².